The molecule has 1 saturated heterocycles. The zero-order valence-electron chi connectivity index (χ0n) is 16.8. The third-order valence-corrected chi connectivity index (χ3v) is 4.61. The van der Waals surface area contributed by atoms with Crippen molar-refractivity contribution in [3.63, 3.8) is 0 Å². The van der Waals surface area contributed by atoms with E-state index < -0.39 is 23.8 Å². The first kappa shape index (κ1) is 22.0. The molecule has 0 saturated carbocycles. The van der Waals surface area contributed by atoms with Gasteiger partial charge in [0, 0.05) is 36.9 Å². The summed E-state index contributed by atoms with van der Waals surface area (Å²) >= 11 is 0. The lowest BCUT2D eigenvalue weighted by molar-refractivity contribution is -0.137. The highest BCUT2D eigenvalue weighted by molar-refractivity contribution is 5.91. The highest BCUT2D eigenvalue weighted by atomic mass is 19.4. The van der Waals surface area contributed by atoms with Gasteiger partial charge in [-0.2, -0.15) is 18.2 Å². The summed E-state index contributed by atoms with van der Waals surface area (Å²) in [7, 11) is 0. The zero-order valence-corrected chi connectivity index (χ0v) is 16.8. The Balaban J connectivity index is 1.54. The molecule has 1 aliphatic rings. The van der Waals surface area contributed by atoms with E-state index in [-0.39, 0.29) is 29.2 Å². The fourth-order valence-corrected chi connectivity index (χ4v) is 2.97. The summed E-state index contributed by atoms with van der Waals surface area (Å²) in [6.45, 7) is 0.472. The molecule has 1 atom stereocenters. The van der Waals surface area contributed by atoms with Gasteiger partial charge in [-0.05, 0) is 30.3 Å². The van der Waals surface area contributed by atoms with Crippen molar-refractivity contribution in [3.05, 3.63) is 59.9 Å². The van der Waals surface area contributed by atoms with Crippen molar-refractivity contribution in [2.45, 2.75) is 18.7 Å². The van der Waals surface area contributed by atoms with Crippen LogP contribution in [0, 0.1) is 0 Å². The van der Waals surface area contributed by atoms with E-state index in [0.717, 1.165) is 12.1 Å². The topological polar surface area (TPSA) is 129 Å². The van der Waals surface area contributed by atoms with Crippen LogP contribution in [0.4, 0.5) is 13.2 Å². The summed E-state index contributed by atoms with van der Waals surface area (Å²) in [6, 6.07) is 9.44. The number of primary amides is 1. The number of carbonyl (C=O) groups is 2. The van der Waals surface area contributed by atoms with E-state index in [2.05, 4.69) is 20.3 Å². The van der Waals surface area contributed by atoms with Crippen LogP contribution in [0.2, 0.25) is 0 Å². The van der Waals surface area contributed by atoms with Crippen molar-refractivity contribution in [2.75, 3.05) is 6.54 Å². The number of carbonyl (C=O) groups excluding carboxylic acids is 2. The SMILES string of the molecule is NC(=O)c1cc(OC2CCNC2=O)nc(-c2ccc(Oc3ccc(C(F)(F)F)cn3)cc2)n1. The molecule has 3 heterocycles. The molecular weight excluding hydrogens is 443 g/mol. The summed E-state index contributed by atoms with van der Waals surface area (Å²) in [4.78, 5) is 35.5. The Morgan fingerprint density at radius 2 is 1.85 bits per heavy atom. The average molecular weight is 459 g/mol. The molecule has 170 valence electrons. The second-order valence-corrected chi connectivity index (χ2v) is 6.97. The quantitative estimate of drug-likeness (QED) is 0.580. The number of rotatable bonds is 6. The highest BCUT2D eigenvalue weighted by Gasteiger charge is 2.31. The predicted molar refractivity (Wildman–Crippen MR) is 107 cm³/mol. The smallest absolute Gasteiger partial charge is 0.417 e. The Bertz CT molecular complexity index is 1180. The van der Waals surface area contributed by atoms with Gasteiger partial charge in [0.25, 0.3) is 11.8 Å². The second-order valence-electron chi connectivity index (χ2n) is 6.97. The molecule has 0 aliphatic carbocycles. The number of hydrogen-bond donors (Lipinski definition) is 2. The number of ether oxygens (including phenoxy) is 2. The van der Waals surface area contributed by atoms with Gasteiger partial charge in [-0.3, -0.25) is 9.59 Å². The average Bonchev–Trinajstić information content (AvgIpc) is 3.18. The number of hydrogen-bond acceptors (Lipinski definition) is 7. The van der Waals surface area contributed by atoms with E-state index in [1.807, 2.05) is 0 Å². The lowest BCUT2D eigenvalue weighted by Crippen LogP contribution is -2.28. The molecular formula is C21H16F3N5O4. The van der Waals surface area contributed by atoms with Gasteiger partial charge >= 0.3 is 6.18 Å². The fourth-order valence-electron chi connectivity index (χ4n) is 2.97. The molecule has 1 aliphatic heterocycles. The minimum Gasteiger partial charge on any atom is -0.464 e. The van der Waals surface area contributed by atoms with Crippen molar-refractivity contribution < 1.29 is 32.2 Å². The molecule has 1 unspecified atom stereocenters. The van der Waals surface area contributed by atoms with Gasteiger partial charge in [-0.25, -0.2) is 9.97 Å². The number of nitrogens with two attached hydrogens (primary N) is 1. The zero-order chi connectivity index (χ0) is 23.6. The number of nitrogens with one attached hydrogen (secondary N) is 1. The van der Waals surface area contributed by atoms with E-state index in [1.54, 1.807) is 12.1 Å². The molecule has 33 heavy (non-hydrogen) atoms. The number of halogens is 3. The van der Waals surface area contributed by atoms with E-state index in [1.165, 1.54) is 18.2 Å². The molecule has 1 aromatic carbocycles. The lowest BCUT2D eigenvalue weighted by atomic mass is 10.2. The maximum Gasteiger partial charge on any atom is 0.417 e. The van der Waals surface area contributed by atoms with Gasteiger partial charge in [-0.15, -0.1) is 0 Å². The van der Waals surface area contributed by atoms with Crippen LogP contribution in [-0.4, -0.2) is 39.4 Å². The summed E-state index contributed by atoms with van der Waals surface area (Å²) < 4.78 is 49.0. The number of aromatic nitrogens is 3. The van der Waals surface area contributed by atoms with E-state index in [4.69, 9.17) is 15.2 Å². The van der Waals surface area contributed by atoms with Gasteiger partial charge in [0.2, 0.25) is 11.8 Å². The summed E-state index contributed by atoms with van der Waals surface area (Å²) in [5.41, 5.74) is 4.85. The Morgan fingerprint density at radius 1 is 1.09 bits per heavy atom. The summed E-state index contributed by atoms with van der Waals surface area (Å²) in [6.07, 6.45) is -4.09. The third kappa shape index (κ3) is 5.17. The molecule has 0 radical (unpaired) electrons. The molecule has 4 rings (SSSR count). The Hall–Kier alpha value is -4.22. The minimum atomic E-state index is -4.49. The summed E-state index contributed by atoms with van der Waals surface area (Å²) in [5.74, 6) is -0.657. The number of amides is 2. The molecule has 9 nitrogen and oxygen atoms in total. The van der Waals surface area contributed by atoms with Gasteiger partial charge in [0.15, 0.2) is 11.9 Å². The van der Waals surface area contributed by atoms with Crippen LogP contribution < -0.4 is 20.5 Å². The van der Waals surface area contributed by atoms with Crippen LogP contribution in [0.3, 0.4) is 0 Å². The largest absolute Gasteiger partial charge is 0.464 e. The molecule has 3 aromatic rings. The lowest BCUT2D eigenvalue weighted by Gasteiger charge is -2.12. The van der Waals surface area contributed by atoms with Crippen LogP contribution in [0.25, 0.3) is 11.4 Å². The van der Waals surface area contributed by atoms with Crippen molar-refractivity contribution in [1.82, 2.24) is 20.3 Å². The Morgan fingerprint density at radius 3 is 2.42 bits per heavy atom. The van der Waals surface area contributed by atoms with Crippen molar-refractivity contribution in [2.24, 2.45) is 5.73 Å². The third-order valence-electron chi connectivity index (χ3n) is 4.61. The number of benzene rings is 1. The first-order chi connectivity index (χ1) is 15.7. The molecule has 3 N–H and O–H groups in total. The van der Waals surface area contributed by atoms with Crippen LogP contribution in [0.15, 0.2) is 48.7 Å². The first-order valence-corrected chi connectivity index (χ1v) is 9.64. The van der Waals surface area contributed by atoms with E-state index >= 15 is 0 Å². The van der Waals surface area contributed by atoms with Crippen LogP contribution in [-0.2, 0) is 11.0 Å². The second kappa shape index (κ2) is 8.73. The Labute approximate surface area is 184 Å². The molecule has 1 fully saturated rings. The van der Waals surface area contributed by atoms with E-state index in [0.29, 0.717) is 30.5 Å². The van der Waals surface area contributed by atoms with Gasteiger partial charge < -0.3 is 20.5 Å². The van der Waals surface area contributed by atoms with Gasteiger partial charge in [0.05, 0.1) is 5.56 Å². The number of alkyl halides is 3. The van der Waals surface area contributed by atoms with Crippen molar-refractivity contribution in [3.8, 4) is 28.9 Å². The van der Waals surface area contributed by atoms with Crippen LogP contribution in [0.1, 0.15) is 22.5 Å². The van der Waals surface area contributed by atoms with Crippen molar-refractivity contribution in [1.29, 1.82) is 0 Å². The molecule has 0 bridgehead atoms. The highest BCUT2D eigenvalue weighted by Crippen LogP contribution is 2.30. The van der Waals surface area contributed by atoms with Gasteiger partial charge in [0.1, 0.15) is 11.4 Å². The first-order valence-electron chi connectivity index (χ1n) is 9.64. The molecule has 0 spiro atoms. The summed E-state index contributed by atoms with van der Waals surface area (Å²) in [5, 5.41) is 2.64. The van der Waals surface area contributed by atoms with Crippen LogP contribution >= 0.6 is 0 Å². The van der Waals surface area contributed by atoms with Crippen molar-refractivity contribution >= 4 is 11.8 Å². The minimum absolute atomic E-state index is 0.0186. The van der Waals surface area contributed by atoms with Crippen LogP contribution in [0.5, 0.6) is 17.5 Å². The maximum atomic E-state index is 12.6. The predicted octanol–water partition coefficient (Wildman–Crippen LogP) is 2.72. The number of pyridine rings is 1. The standard InChI is InChI=1S/C21H16F3N5O4/c22-21(23,24)12-3-6-16(27-10-12)32-13-4-1-11(2-5-13)19-28-14(18(25)30)9-17(29-19)33-15-7-8-26-20(15)31/h1-6,9-10,15H,7-8H2,(H2,25,30)(H,26,31). The monoisotopic (exact) mass is 459 g/mol. The molecule has 2 aromatic heterocycles. The fraction of sp³-hybridized carbons (Fsp3) is 0.190. The molecule has 12 heteroatoms. The molecule has 2 amide bonds. The van der Waals surface area contributed by atoms with E-state index in [9.17, 15) is 22.8 Å². The Kier molecular flexibility index (Phi) is 5.82. The normalized spacial score (nSPS) is 15.7. The number of nitrogens with zero attached hydrogens (tertiary/aromatic N) is 3. The van der Waals surface area contributed by atoms with Gasteiger partial charge in [-0.1, -0.05) is 0 Å². The maximum absolute atomic E-state index is 12.6.